The molecule has 2 atom stereocenters. The number of aliphatic hydroxyl groups is 1. The highest BCUT2D eigenvalue weighted by molar-refractivity contribution is 9.10. The fourth-order valence-corrected chi connectivity index (χ4v) is 2.97. The first-order chi connectivity index (χ1) is 9.15. The van der Waals surface area contributed by atoms with Crippen LogP contribution in [0.4, 0.5) is 0 Å². The molecule has 1 aromatic carbocycles. The molecule has 0 aliphatic heterocycles. The van der Waals surface area contributed by atoms with E-state index in [1.807, 2.05) is 19.2 Å². The molecule has 0 bridgehead atoms. The maximum Gasteiger partial charge on any atom is 0.175 e. The summed E-state index contributed by atoms with van der Waals surface area (Å²) in [6.45, 7) is 0.765. The van der Waals surface area contributed by atoms with Gasteiger partial charge in [0.05, 0.1) is 17.7 Å². The van der Waals surface area contributed by atoms with Crippen LogP contribution in [0.3, 0.4) is 0 Å². The fourth-order valence-electron chi connectivity index (χ4n) is 2.39. The molecule has 0 aromatic heterocycles. The summed E-state index contributed by atoms with van der Waals surface area (Å²) in [6, 6.07) is 3.97. The van der Waals surface area contributed by atoms with E-state index in [4.69, 9.17) is 9.47 Å². The first-order valence-electron chi connectivity index (χ1n) is 6.51. The van der Waals surface area contributed by atoms with Crippen LogP contribution in [0, 0.1) is 0 Å². The van der Waals surface area contributed by atoms with E-state index < -0.39 is 0 Å². The number of hydrogen-bond acceptors (Lipinski definition) is 4. The summed E-state index contributed by atoms with van der Waals surface area (Å²) in [5.41, 5.74) is 1.12. The number of hydrogen-bond donors (Lipinski definition) is 2. The molecule has 1 fully saturated rings. The molecule has 2 unspecified atom stereocenters. The summed E-state index contributed by atoms with van der Waals surface area (Å²) in [5, 5.41) is 13.0. The molecular weight excluding hydrogens is 310 g/mol. The normalized spacial score (nSPS) is 22.5. The summed E-state index contributed by atoms with van der Waals surface area (Å²) in [4.78, 5) is 0. The van der Waals surface area contributed by atoms with Crippen LogP contribution in [0.15, 0.2) is 16.6 Å². The van der Waals surface area contributed by atoms with Crippen molar-refractivity contribution in [1.82, 2.24) is 5.32 Å². The van der Waals surface area contributed by atoms with Gasteiger partial charge in [-0.25, -0.2) is 0 Å². The maximum atomic E-state index is 9.85. The Kier molecular flexibility index (Phi) is 5.07. The molecule has 106 valence electrons. The van der Waals surface area contributed by atoms with Crippen LogP contribution in [-0.4, -0.2) is 31.5 Å². The standard InChI is InChI=1S/C14H20BrNO3/c1-16-8-9-6-10(15)14(13(7-9)18-2)19-12-5-3-4-11(12)17/h6-7,11-12,16-17H,3-5,8H2,1-2H3. The van der Waals surface area contributed by atoms with E-state index in [1.165, 1.54) is 0 Å². The lowest BCUT2D eigenvalue weighted by Crippen LogP contribution is -2.26. The zero-order valence-electron chi connectivity index (χ0n) is 11.3. The van der Waals surface area contributed by atoms with Gasteiger partial charge in [-0.3, -0.25) is 0 Å². The van der Waals surface area contributed by atoms with Crippen molar-refractivity contribution in [2.45, 2.75) is 38.0 Å². The Morgan fingerprint density at radius 2 is 2.21 bits per heavy atom. The molecule has 1 aliphatic rings. The molecule has 1 saturated carbocycles. The Morgan fingerprint density at radius 1 is 1.42 bits per heavy atom. The van der Waals surface area contributed by atoms with E-state index in [0.29, 0.717) is 11.5 Å². The fraction of sp³-hybridized carbons (Fsp3) is 0.571. The highest BCUT2D eigenvalue weighted by atomic mass is 79.9. The Hall–Kier alpha value is -0.780. The van der Waals surface area contributed by atoms with E-state index in [9.17, 15) is 5.11 Å². The Morgan fingerprint density at radius 3 is 2.79 bits per heavy atom. The number of nitrogens with one attached hydrogen (secondary N) is 1. The van der Waals surface area contributed by atoms with Crippen molar-refractivity contribution in [2.24, 2.45) is 0 Å². The molecular formula is C14H20BrNO3. The molecule has 19 heavy (non-hydrogen) atoms. The molecule has 5 heteroatoms. The van der Waals surface area contributed by atoms with Crippen molar-refractivity contribution < 1.29 is 14.6 Å². The first-order valence-corrected chi connectivity index (χ1v) is 7.30. The molecule has 0 heterocycles. The average molecular weight is 330 g/mol. The second-order valence-electron chi connectivity index (χ2n) is 4.79. The van der Waals surface area contributed by atoms with E-state index in [-0.39, 0.29) is 12.2 Å². The number of rotatable bonds is 5. The van der Waals surface area contributed by atoms with Gasteiger partial charge in [0.2, 0.25) is 0 Å². The second-order valence-corrected chi connectivity index (χ2v) is 5.65. The van der Waals surface area contributed by atoms with E-state index >= 15 is 0 Å². The van der Waals surface area contributed by atoms with Crippen LogP contribution >= 0.6 is 15.9 Å². The van der Waals surface area contributed by atoms with E-state index in [0.717, 1.165) is 35.8 Å². The number of halogens is 1. The van der Waals surface area contributed by atoms with Crippen molar-refractivity contribution in [3.05, 3.63) is 22.2 Å². The topological polar surface area (TPSA) is 50.7 Å². The zero-order valence-corrected chi connectivity index (χ0v) is 12.9. The van der Waals surface area contributed by atoms with Crippen molar-refractivity contribution in [3.63, 3.8) is 0 Å². The first kappa shape index (κ1) is 14.6. The third-order valence-corrected chi connectivity index (χ3v) is 3.95. The Bertz CT molecular complexity index is 439. The van der Waals surface area contributed by atoms with Crippen LogP contribution in [-0.2, 0) is 6.54 Å². The smallest absolute Gasteiger partial charge is 0.175 e. The Labute approximate surface area is 122 Å². The van der Waals surface area contributed by atoms with Crippen molar-refractivity contribution in [2.75, 3.05) is 14.2 Å². The van der Waals surface area contributed by atoms with Crippen molar-refractivity contribution in [3.8, 4) is 11.5 Å². The maximum absolute atomic E-state index is 9.85. The van der Waals surface area contributed by atoms with Gasteiger partial charge in [0.25, 0.3) is 0 Å². The molecule has 4 nitrogen and oxygen atoms in total. The Balaban J connectivity index is 2.23. The largest absolute Gasteiger partial charge is 0.493 e. The van der Waals surface area contributed by atoms with Crippen LogP contribution in [0.25, 0.3) is 0 Å². The van der Waals surface area contributed by atoms with E-state index in [2.05, 4.69) is 21.2 Å². The number of benzene rings is 1. The van der Waals surface area contributed by atoms with Crippen molar-refractivity contribution >= 4 is 15.9 Å². The van der Waals surface area contributed by atoms with Gasteiger partial charge in [-0.15, -0.1) is 0 Å². The molecule has 0 radical (unpaired) electrons. The number of ether oxygens (including phenoxy) is 2. The van der Waals surface area contributed by atoms with E-state index in [1.54, 1.807) is 7.11 Å². The molecule has 0 saturated heterocycles. The predicted octanol–water partition coefficient (Wildman–Crippen LogP) is 2.47. The third kappa shape index (κ3) is 3.41. The van der Waals surface area contributed by atoms with Crippen LogP contribution in [0.2, 0.25) is 0 Å². The van der Waals surface area contributed by atoms with Gasteiger partial charge in [0.15, 0.2) is 11.5 Å². The SMILES string of the molecule is CNCc1cc(Br)c(OC2CCCC2O)c(OC)c1. The minimum absolute atomic E-state index is 0.139. The van der Waals surface area contributed by atoms with Gasteiger partial charge in [-0.2, -0.15) is 0 Å². The van der Waals surface area contributed by atoms with Crippen LogP contribution in [0.1, 0.15) is 24.8 Å². The van der Waals surface area contributed by atoms with Crippen molar-refractivity contribution in [1.29, 1.82) is 0 Å². The monoisotopic (exact) mass is 329 g/mol. The summed E-state index contributed by atoms with van der Waals surface area (Å²) < 4.78 is 12.2. The highest BCUT2D eigenvalue weighted by Crippen LogP contribution is 2.39. The van der Waals surface area contributed by atoms with Gasteiger partial charge in [0.1, 0.15) is 6.10 Å². The van der Waals surface area contributed by atoms with Gasteiger partial charge >= 0.3 is 0 Å². The minimum Gasteiger partial charge on any atom is -0.493 e. The summed E-state index contributed by atoms with van der Waals surface area (Å²) >= 11 is 3.52. The highest BCUT2D eigenvalue weighted by Gasteiger charge is 2.28. The third-order valence-electron chi connectivity index (χ3n) is 3.36. The lowest BCUT2D eigenvalue weighted by atomic mass is 10.2. The summed E-state index contributed by atoms with van der Waals surface area (Å²) in [7, 11) is 3.53. The summed E-state index contributed by atoms with van der Waals surface area (Å²) in [6.07, 6.45) is 2.18. The predicted molar refractivity (Wildman–Crippen MR) is 77.7 cm³/mol. The van der Waals surface area contributed by atoms with Gasteiger partial charge < -0.3 is 19.9 Å². The number of methoxy groups -OCH3 is 1. The lowest BCUT2D eigenvalue weighted by Gasteiger charge is -2.20. The molecule has 1 aromatic rings. The molecule has 2 rings (SSSR count). The summed E-state index contributed by atoms with van der Waals surface area (Å²) in [5.74, 6) is 1.37. The average Bonchev–Trinajstić information content (AvgIpc) is 2.78. The molecule has 0 amide bonds. The van der Waals surface area contributed by atoms with Crippen LogP contribution in [0.5, 0.6) is 11.5 Å². The number of aliphatic hydroxyl groups excluding tert-OH is 1. The van der Waals surface area contributed by atoms with Gasteiger partial charge in [-0.1, -0.05) is 0 Å². The molecule has 0 spiro atoms. The minimum atomic E-state index is -0.381. The zero-order chi connectivity index (χ0) is 13.8. The second kappa shape index (κ2) is 6.59. The lowest BCUT2D eigenvalue weighted by molar-refractivity contribution is 0.0581. The van der Waals surface area contributed by atoms with Gasteiger partial charge in [0, 0.05) is 6.54 Å². The van der Waals surface area contributed by atoms with Gasteiger partial charge in [-0.05, 0) is 59.9 Å². The molecule has 1 aliphatic carbocycles. The van der Waals surface area contributed by atoms with Crippen LogP contribution < -0.4 is 14.8 Å². The molecule has 2 N–H and O–H groups in total. The quantitative estimate of drug-likeness (QED) is 0.871.